The smallest absolute Gasteiger partial charge is 0.195 e. The van der Waals surface area contributed by atoms with Crippen molar-refractivity contribution in [3.63, 3.8) is 0 Å². The molecule has 2 N–H and O–H groups in total. The Morgan fingerprint density at radius 3 is 2.73 bits per heavy atom. The highest BCUT2D eigenvalue weighted by Gasteiger charge is 2.28. The third-order valence-corrected chi connectivity index (χ3v) is 7.04. The van der Waals surface area contributed by atoms with Gasteiger partial charge in [0.1, 0.15) is 17.2 Å². The monoisotopic (exact) mass is 467 g/mol. The summed E-state index contributed by atoms with van der Waals surface area (Å²) in [4.78, 5) is 20.2. The number of sulfone groups is 1. The lowest BCUT2D eigenvalue weighted by Crippen LogP contribution is -2.06. The van der Waals surface area contributed by atoms with Crippen LogP contribution in [0, 0.1) is 0 Å². The molecule has 1 saturated heterocycles. The van der Waals surface area contributed by atoms with Crippen molar-refractivity contribution in [2.45, 2.75) is 37.2 Å². The van der Waals surface area contributed by atoms with Crippen molar-refractivity contribution in [2.75, 3.05) is 5.75 Å². The molecule has 170 valence electrons. The second-order valence-corrected chi connectivity index (χ2v) is 9.80. The summed E-state index contributed by atoms with van der Waals surface area (Å²) >= 11 is 0. The topological polar surface area (TPSA) is 140 Å². The number of aromatic amines is 1. The molecule has 4 heterocycles. The summed E-state index contributed by atoms with van der Waals surface area (Å²) in [5.41, 5.74) is 2.72. The molecule has 1 aliphatic heterocycles. The van der Waals surface area contributed by atoms with Crippen molar-refractivity contribution in [2.24, 2.45) is 0 Å². The molecule has 1 fully saturated rings. The van der Waals surface area contributed by atoms with E-state index >= 15 is 0 Å². The molecule has 0 saturated carbocycles. The lowest BCUT2D eigenvalue weighted by molar-refractivity contribution is -0.0916. The molecule has 33 heavy (non-hydrogen) atoms. The first-order valence-corrected chi connectivity index (χ1v) is 12.1. The largest absolute Gasteiger partial charge is 0.455 e. The van der Waals surface area contributed by atoms with Crippen LogP contribution in [0.5, 0.6) is 11.5 Å². The van der Waals surface area contributed by atoms with Gasteiger partial charge in [0.05, 0.1) is 35.3 Å². The van der Waals surface area contributed by atoms with E-state index in [1.54, 1.807) is 37.6 Å². The summed E-state index contributed by atoms with van der Waals surface area (Å²) in [6.45, 7) is 1.57. The third kappa shape index (κ3) is 4.30. The summed E-state index contributed by atoms with van der Waals surface area (Å²) in [7, 11) is -3.41. The molecule has 11 heteroatoms. The summed E-state index contributed by atoms with van der Waals surface area (Å²) in [6, 6.07) is 6.63. The van der Waals surface area contributed by atoms with Crippen LogP contribution in [0.1, 0.15) is 31.4 Å². The second-order valence-electron chi connectivity index (χ2n) is 7.58. The number of nitrogens with one attached hydrogen (secondary N) is 1. The maximum absolute atomic E-state index is 12.0. The van der Waals surface area contributed by atoms with E-state index in [1.807, 2.05) is 6.07 Å². The maximum Gasteiger partial charge on any atom is 0.195 e. The van der Waals surface area contributed by atoms with Crippen LogP contribution >= 0.6 is 0 Å². The van der Waals surface area contributed by atoms with Crippen molar-refractivity contribution < 1.29 is 23.0 Å². The number of ether oxygens (including phenoxy) is 2. The lowest BCUT2D eigenvalue weighted by atomic mass is 10.0. The molecule has 0 bridgehead atoms. The number of H-pyrrole nitrogens is 1. The van der Waals surface area contributed by atoms with E-state index in [-0.39, 0.29) is 16.9 Å². The van der Waals surface area contributed by atoms with E-state index in [9.17, 15) is 13.5 Å². The van der Waals surface area contributed by atoms with E-state index in [1.165, 1.54) is 12.3 Å². The van der Waals surface area contributed by atoms with Gasteiger partial charge in [-0.2, -0.15) is 0 Å². The van der Waals surface area contributed by atoms with E-state index < -0.39 is 16.1 Å². The van der Waals surface area contributed by atoms with Gasteiger partial charge in [0.2, 0.25) is 0 Å². The summed E-state index contributed by atoms with van der Waals surface area (Å²) in [5, 5.41) is 9.87. The number of aliphatic hydroxyl groups is 1. The van der Waals surface area contributed by atoms with Gasteiger partial charge in [-0.1, -0.05) is 6.92 Å². The Hall–Kier alpha value is -3.41. The minimum absolute atomic E-state index is 0.00236. The Balaban J connectivity index is 1.54. The zero-order valence-electron chi connectivity index (χ0n) is 17.7. The predicted octanol–water partition coefficient (Wildman–Crippen LogP) is 3.17. The first-order chi connectivity index (χ1) is 15.9. The van der Waals surface area contributed by atoms with Crippen LogP contribution in [0.15, 0.2) is 54.1 Å². The number of pyridine rings is 1. The molecule has 0 spiro atoms. The molecule has 0 aliphatic carbocycles. The number of hydrogen-bond donors (Lipinski definition) is 2. The highest BCUT2D eigenvalue weighted by Crippen LogP contribution is 2.40. The average Bonchev–Trinajstić information content (AvgIpc) is 3.45. The van der Waals surface area contributed by atoms with Crippen LogP contribution < -0.4 is 4.74 Å². The van der Waals surface area contributed by atoms with Gasteiger partial charge in [0.25, 0.3) is 0 Å². The molecule has 0 radical (unpaired) electrons. The van der Waals surface area contributed by atoms with Crippen LogP contribution in [-0.4, -0.2) is 50.5 Å². The van der Waals surface area contributed by atoms with Gasteiger partial charge < -0.3 is 19.6 Å². The van der Waals surface area contributed by atoms with Crippen LogP contribution in [-0.2, 0) is 14.6 Å². The minimum Gasteiger partial charge on any atom is -0.455 e. The molecule has 2 atom stereocenters. The van der Waals surface area contributed by atoms with Gasteiger partial charge in [-0.3, -0.25) is 4.98 Å². The number of imidazole rings is 1. The number of hydrogen-bond acceptors (Lipinski definition) is 9. The molecule has 10 nitrogen and oxygen atoms in total. The predicted molar refractivity (Wildman–Crippen MR) is 118 cm³/mol. The molecular weight excluding hydrogens is 446 g/mol. The van der Waals surface area contributed by atoms with Crippen molar-refractivity contribution in [1.82, 2.24) is 24.9 Å². The van der Waals surface area contributed by atoms with E-state index in [4.69, 9.17) is 9.47 Å². The molecule has 5 rings (SSSR count). The Morgan fingerprint density at radius 1 is 1.18 bits per heavy atom. The minimum atomic E-state index is -3.41. The number of rotatable bonds is 6. The second kappa shape index (κ2) is 8.50. The zero-order valence-corrected chi connectivity index (χ0v) is 18.5. The first-order valence-electron chi connectivity index (χ1n) is 10.4. The Kier molecular flexibility index (Phi) is 5.52. The average molecular weight is 468 g/mol. The van der Waals surface area contributed by atoms with Gasteiger partial charge >= 0.3 is 0 Å². The maximum atomic E-state index is 12.0. The molecule has 2 unspecified atom stereocenters. The van der Waals surface area contributed by atoms with Crippen LogP contribution in [0.2, 0.25) is 0 Å². The first kappa shape index (κ1) is 21.4. The number of aliphatic hydroxyl groups excluding tert-OH is 1. The van der Waals surface area contributed by atoms with E-state index in [0.717, 1.165) is 5.56 Å². The fourth-order valence-electron chi connectivity index (χ4n) is 3.67. The van der Waals surface area contributed by atoms with Crippen LogP contribution in [0.25, 0.3) is 22.6 Å². The van der Waals surface area contributed by atoms with Gasteiger partial charge in [0.15, 0.2) is 27.0 Å². The van der Waals surface area contributed by atoms with Crippen molar-refractivity contribution in [3.05, 3.63) is 54.6 Å². The van der Waals surface area contributed by atoms with Gasteiger partial charge in [-0.25, -0.2) is 23.4 Å². The Bertz CT molecular complexity index is 1390. The number of fused-ring (bicyclic) bond motifs is 1. The molecule has 4 aromatic rings. The van der Waals surface area contributed by atoms with Crippen molar-refractivity contribution in [3.8, 4) is 23.0 Å². The van der Waals surface area contributed by atoms with E-state index in [2.05, 4.69) is 24.9 Å². The summed E-state index contributed by atoms with van der Waals surface area (Å²) in [5.74, 6) is 1.39. The van der Waals surface area contributed by atoms with Gasteiger partial charge in [-0.15, -0.1) is 0 Å². The standard InChI is InChI=1S/C22H21N5O5S/c1-2-33(29,30)20-5-3-13(11-25-20)31-19-10-16-15(9-14(19)18-4-6-21(28)32-18)26-22(27-16)17-12-23-7-8-24-17/h3,5,7-12,18,21,28H,2,4,6H2,1H3,(H,26,27). The summed E-state index contributed by atoms with van der Waals surface area (Å²) < 4.78 is 35.8. The third-order valence-electron chi connectivity index (χ3n) is 5.40. The molecule has 3 aromatic heterocycles. The van der Waals surface area contributed by atoms with Crippen LogP contribution in [0.4, 0.5) is 0 Å². The van der Waals surface area contributed by atoms with Crippen LogP contribution in [0.3, 0.4) is 0 Å². The Labute approximate surface area is 189 Å². The normalized spacial score (nSPS) is 18.6. The quantitative estimate of drug-likeness (QED) is 0.437. The molecule has 1 aliphatic rings. The highest BCUT2D eigenvalue weighted by molar-refractivity contribution is 7.91. The fraction of sp³-hybridized carbons (Fsp3) is 0.273. The van der Waals surface area contributed by atoms with Crippen molar-refractivity contribution >= 4 is 20.9 Å². The number of benzene rings is 1. The van der Waals surface area contributed by atoms with Crippen molar-refractivity contribution in [1.29, 1.82) is 0 Å². The fourth-order valence-corrected chi connectivity index (χ4v) is 4.45. The molecule has 1 aromatic carbocycles. The number of nitrogens with zero attached hydrogens (tertiary/aromatic N) is 4. The SMILES string of the molecule is CCS(=O)(=O)c1ccc(Oc2cc3[nH]c(-c4cnccn4)nc3cc2C2CCC(O)O2)cn1. The number of aromatic nitrogens is 5. The summed E-state index contributed by atoms with van der Waals surface area (Å²) in [6.07, 6.45) is 6.09. The Morgan fingerprint density at radius 2 is 2.06 bits per heavy atom. The van der Waals surface area contributed by atoms with Gasteiger partial charge in [0, 0.05) is 30.4 Å². The molecular formula is C22H21N5O5S. The van der Waals surface area contributed by atoms with E-state index in [0.29, 0.717) is 46.9 Å². The lowest BCUT2D eigenvalue weighted by Gasteiger charge is -2.16. The highest BCUT2D eigenvalue weighted by atomic mass is 32.2. The molecule has 0 amide bonds. The zero-order chi connectivity index (χ0) is 23.0. The van der Waals surface area contributed by atoms with Gasteiger partial charge in [-0.05, 0) is 24.6 Å².